The number of rotatable bonds is 39. The van der Waals surface area contributed by atoms with Gasteiger partial charge in [-0.1, -0.05) is 12.2 Å². The van der Waals surface area contributed by atoms with Gasteiger partial charge in [-0.25, -0.2) is 0 Å². The fraction of sp³-hybridized carbons (Fsp3) is 0.886. The molecule has 1 amide bonds. The van der Waals surface area contributed by atoms with Crippen LogP contribution in [0, 0.1) is 11.8 Å². The number of nitrogens with zero attached hydrogens (tertiary/aromatic N) is 1. The van der Waals surface area contributed by atoms with Crippen LogP contribution in [0.4, 0.5) is 0 Å². The molecule has 1 aliphatic heterocycles. The van der Waals surface area contributed by atoms with Crippen LogP contribution >= 0.6 is 0 Å². The van der Waals surface area contributed by atoms with Crippen LogP contribution in [0.5, 0.6) is 0 Å². The number of hydrogen-bond acceptors (Lipinski definition) is 15. The molecule has 0 aromatic rings. The third kappa shape index (κ3) is 24.5. The van der Waals surface area contributed by atoms with Gasteiger partial charge in [0.2, 0.25) is 5.91 Å². The first-order chi connectivity index (χ1) is 25.6. The molecule has 1 fully saturated rings. The monoisotopic (exact) mass is 753 g/mol. The van der Waals surface area contributed by atoms with Crippen molar-refractivity contribution in [1.82, 2.24) is 4.90 Å². The van der Waals surface area contributed by atoms with E-state index in [-0.39, 0.29) is 30.8 Å². The first kappa shape index (κ1) is 46.3. The Bertz CT molecular complexity index is 884. The number of likely N-dealkylation sites (tertiary alicyclic amines) is 1. The van der Waals surface area contributed by atoms with Gasteiger partial charge in [0, 0.05) is 18.4 Å². The van der Waals surface area contributed by atoms with Crippen LogP contribution < -0.4 is 0 Å². The van der Waals surface area contributed by atoms with Crippen LogP contribution in [0.25, 0.3) is 0 Å². The molecular weight excluding hydrogens is 690 g/mol. The van der Waals surface area contributed by atoms with Gasteiger partial charge in [0.1, 0.15) is 6.23 Å². The Hall–Kier alpha value is -1.84. The van der Waals surface area contributed by atoms with Crippen molar-refractivity contribution in [3.63, 3.8) is 0 Å². The summed E-state index contributed by atoms with van der Waals surface area (Å²) in [5.74, 6) is -1.05. The fourth-order valence-corrected chi connectivity index (χ4v) is 5.09. The lowest BCUT2D eigenvalue weighted by Gasteiger charge is -2.22. The molecule has 0 aromatic carbocycles. The number of amides is 1. The molecule has 1 heterocycles. The average Bonchev–Trinajstić information content (AvgIpc) is 3.39. The summed E-state index contributed by atoms with van der Waals surface area (Å²) in [6.07, 6.45) is 4.94. The highest BCUT2D eigenvalue weighted by atomic mass is 16.6. The first-order valence-corrected chi connectivity index (χ1v) is 18.4. The maximum atomic E-state index is 12.5. The molecule has 52 heavy (non-hydrogen) atoms. The van der Waals surface area contributed by atoms with Gasteiger partial charge in [-0.05, 0) is 12.8 Å². The van der Waals surface area contributed by atoms with E-state index in [1.807, 2.05) is 12.2 Å². The number of hydrogen-bond donors (Lipinski definition) is 2. The van der Waals surface area contributed by atoms with Gasteiger partial charge >= 0.3 is 5.97 Å². The number of aliphatic hydroxyl groups is 1. The summed E-state index contributed by atoms with van der Waals surface area (Å²) in [6.45, 7) is 11.0. The van der Waals surface area contributed by atoms with Crippen molar-refractivity contribution in [3.05, 3.63) is 12.2 Å². The summed E-state index contributed by atoms with van der Waals surface area (Å²) >= 11 is 0. The normalized spacial score (nSPS) is 18.4. The number of fused-ring (bicyclic) bond motifs is 1. The third-order valence-electron chi connectivity index (χ3n) is 7.76. The molecule has 0 aromatic heterocycles. The fourth-order valence-electron chi connectivity index (χ4n) is 5.09. The van der Waals surface area contributed by atoms with Crippen LogP contribution in [-0.4, -0.2) is 198 Å². The summed E-state index contributed by atoms with van der Waals surface area (Å²) in [5.41, 5.74) is 0. The van der Waals surface area contributed by atoms with Gasteiger partial charge in [0.05, 0.1) is 165 Å². The molecule has 1 saturated heterocycles. The third-order valence-corrected chi connectivity index (χ3v) is 7.76. The Morgan fingerprint density at radius 3 is 1.15 bits per heavy atom. The minimum Gasteiger partial charge on any atom is -0.481 e. The van der Waals surface area contributed by atoms with E-state index in [0.29, 0.717) is 159 Å². The summed E-state index contributed by atoms with van der Waals surface area (Å²) in [6, 6.07) is 0. The van der Waals surface area contributed by atoms with Crippen LogP contribution in [0.15, 0.2) is 12.2 Å². The molecule has 0 radical (unpaired) electrons. The molecule has 0 bridgehead atoms. The smallest absolute Gasteiger partial charge is 0.305 e. The van der Waals surface area contributed by atoms with Crippen LogP contribution in [0.2, 0.25) is 0 Å². The number of carbonyl (C=O) groups is 2. The minimum absolute atomic E-state index is 0.00718. The largest absolute Gasteiger partial charge is 0.481 e. The number of carbonyl (C=O) groups excluding carboxylic acids is 1. The Kier molecular flexibility index (Phi) is 30.0. The molecule has 2 N–H and O–H groups in total. The maximum absolute atomic E-state index is 12.5. The molecule has 0 spiro atoms. The Morgan fingerprint density at radius 1 is 0.538 bits per heavy atom. The van der Waals surface area contributed by atoms with E-state index in [1.165, 1.54) is 4.90 Å². The van der Waals surface area contributed by atoms with Crippen LogP contribution in [0.1, 0.15) is 19.3 Å². The zero-order valence-electron chi connectivity index (χ0n) is 30.7. The lowest BCUT2D eigenvalue weighted by molar-refractivity contribution is -0.138. The molecule has 1 aliphatic carbocycles. The molecule has 3 atom stereocenters. The van der Waals surface area contributed by atoms with Crippen molar-refractivity contribution in [2.75, 3.05) is 165 Å². The molecule has 2 aliphatic rings. The summed E-state index contributed by atoms with van der Waals surface area (Å²) in [4.78, 5) is 24.3. The van der Waals surface area contributed by atoms with Gasteiger partial charge in [-0.3, -0.25) is 9.59 Å². The number of aliphatic carboxylic acids is 1. The SMILES string of the molecule is O=C(O)CCOCCOCCOCCOCCOCCOCCOCCOCCOCCOCCOCCOCCN1C(=O)C2CCC=CC2C1O. The second kappa shape index (κ2) is 33.7. The Balaban J connectivity index is 1.15. The van der Waals surface area contributed by atoms with Crippen LogP contribution in [0.3, 0.4) is 0 Å². The van der Waals surface area contributed by atoms with E-state index >= 15 is 0 Å². The number of carboxylic acid groups (broad SMARTS) is 1. The zero-order chi connectivity index (χ0) is 37.2. The van der Waals surface area contributed by atoms with E-state index in [2.05, 4.69) is 0 Å². The molecule has 3 unspecified atom stereocenters. The minimum atomic E-state index is -0.878. The van der Waals surface area contributed by atoms with Gasteiger partial charge in [-0.15, -0.1) is 0 Å². The Morgan fingerprint density at radius 2 is 0.846 bits per heavy atom. The van der Waals surface area contributed by atoms with E-state index in [1.54, 1.807) is 0 Å². The quantitative estimate of drug-likeness (QED) is 0.0648. The van der Waals surface area contributed by atoms with Gasteiger partial charge in [-0.2, -0.15) is 0 Å². The highest BCUT2D eigenvalue weighted by molar-refractivity contribution is 5.82. The standard InChI is InChI=1S/C35H63NO16/c37-33(38)5-7-41-9-11-43-13-15-45-17-19-47-21-23-49-25-27-51-29-30-52-28-26-50-24-22-48-20-18-46-16-14-44-12-10-42-8-6-36-34(39)31-3-1-2-4-32(31)35(36)40/h1,3,31-32,34,39H,2,4-30H2,(H,37,38). The number of ether oxygens (including phenoxy) is 12. The van der Waals surface area contributed by atoms with Gasteiger partial charge in [0.25, 0.3) is 0 Å². The summed E-state index contributed by atoms with van der Waals surface area (Å²) in [7, 11) is 0. The van der Waals surface area contributed by atoms with Gasteiger partial charge < -0.3 is 72.0 Å². The molecule has 304 valence electrons. The number of allylic oxidation sites excluding steroid dienone is 1. The second-order valence-corrected chi connectivity index (χ2v) is 11.6. The van der Waals surface area contributed by atoms with E-state index < -0.39 is 12.2 Å². The average molecular weight is 754 g/mol. The Labute approximate surface area is 307 Å². The van der Waals surface area contributed by atoms with Gasteiger partial charge in [0.15, 0.2) is 0 Å². The first-order valence-electron chi connectivity index (χ1n) is 18.4. The van der Waals surface area contributed by atoms with E-state index in [9.17, 15) is 14.7 Å². The summed E-state index contributed by atoms with van der Waals surface area (Å²) < 4.78 is 65.2. The van der Waals surface area contributed by atoms with Crippen molar-refractivity contribution in [1.29, 1.82) is 0 Å². The zero-order valence-corrected chi connectivity index (χ0v) is 30.7. The lowest BCUT2D eigenvalue weighted by Crippen LogP contribution is -2.37. The van der Waals surface area contributed by atoms with Crippen LogP contribution in [-0.2, 0) is 66.4 Å². The van der Waals surface area contributed by atoms with Crippen molar-refractivity contribution < 1.29 is 76.6 Å². The molecule has 17 nitrogen and oxygen atoms in total. The van der Waals surface area contributed by atoms with E-state index in [0.717, 1.165) is 12.8 Å². The molecule has 2 rings (SSSR count). The topological polar surface area (TPSA) is 189 Å². The summed E-state index contributed by atoms with van der Waals surface area (Å²) in [5, 5.41) is 18.9. The van der Waals surface area contributed by atoms with Crippen molar-refractivity contribution in [2.45, 2.75) is 25.5 Å². The predicted molar refractivity (Wildman–Crippen MR) is 185 cm³/mol. The molecule has 0 saturated carbocycles. The lowest BCUT2D eigenvalue weighted by atomic mass is 9.86. The number of carboxylic acids is 1. The molecular formula is C35H63NO16. The predicted octanol–water partition coefficient (Wildman–Crippen LogP) is 0.403. The second-order valence-electron chi connectivity index (χ2n) is 11.6. The van der Waals surface area contributed by atoms with Crippen molar-refractivity contribution in [2.24, 2.45) is 11.8 Å². The van der Waals surface area contributed by atoms with E-state index in [4.69, 9.17) is 61.9 Å². The van der Waals surface area contributed by atoms with Crippen molar-refractivity contribution in [3.8, 4) is 0 Å². The highest BCUT2D eigenvalue weighted by Crippen LogP contribution is 2.36. The molecule has 17 heteroatoms. The number of aliphatic hydroxyl groups excluding tert-OH is 1. The maximum Gasteiger partial charge on any atom is 0.305 e. The van der Waals surface area contributed by atoms with Crippen molar-refractivity contribution >= 4 is 11.9 Å². The highest BCUT2D eigenvalue weighted by Gasteiger charge is 2.46.